The van der Waals surface area contributed by atoms with Gasteiger partial charge in [0.1, 0.15) is 5.75 Å². The van der Waals surface area contributed by atoms with Gasteiger partial charge in [-0.1, -0.05) is 25.0 Å². The van der Waals surface area contributed by atoms with E-state index in [2.05, 4.69) is 22.0 Å². The number of pyridine rings is 1. The molecule has 32 heavy (non-hydrogen) atoms. The molecule has 0 N–H and O–H groups in total. The second-order valence-corrected chi connectivity index (χ2v) is 9.14. The summed E-state index contributed by atoms with van der Waals surface area (Å²) < 4.78 is 5.34. The van der Waals surface area contributed by atoms with Crippen molar-refractivity contribution in [3.63, 3.8) is 0 Å². The largest absolute Gasteiger partial charge is 0.497 e. The SMILES string of the molecule is COc1ccc2nccc(C(=O)CC[C@H]3CCN4CC3/C=C\CCCCCCC4=O)c2c1. The van der Waals surface area contributed by atoms with Gasteiger partial charge in [-0.05, 0) is 68.2 Å². The molecule has 1 unspecified atom stereocenters. The second kappa shape index (κ2) is 10.8. The van der Waals surface area contributed by atoms with E-state index < -0.39 is 0 Å². The van der Waals surface area contributed by atoms with Crippen LogP contribution >= 0.6 is 0 Å². The molecule has 2 aromatic rings. The maximum atomic E-state index is 13.2. The van der Waals surface area contributed by atoms with E-state index >= 15 is 0 Å². The van der Waals surface area contributed by atoms with Gasteiger partial charge in [0.25, 0.3) is 0 Å². The number of allylic oxidation sites excluding steroid dienone is 1. The maximum Gasteiger partial charge on any atom is 0.222 e. The molecule has 2 aliphatic heterocycles. The highest BCUT2D eigenvalue weighted by Gasteiger charge is 2.30. The maximum absolute atomic E-state index is 13.2. The topological polar surface area (TPSA) is 59.5 Å². The van der Waals surface area contributed by atoms with Crippen LogP contribution in [0.1, 0.15) is 68.1 Å². The van der Waals surface area contributed by atoms with E-state index in [1.165, 1.54) is 12.8 Å². The number of fused-ring (bicyclic) bond motifs is 3. The van der Waals surface area contributed by atoms with Gasteiger partial charge in [0, 0.05) is 43.1 Å². The summed E-state index contributed by atoms with van der Waals surface area (Å²) in [6.45, 7) is 1.61. The third kappa shape index (κ3) is 5.37. The van der Waals surface area contributed by atoms with Crippen LogP contribution in [-0.2, 0) is 4.79 Å². The summed E-state index contributed by atoms with van der Waals surface area (Å²) in [7, 11) is 1.63. The Kier molecular flexibility index (Phi) is 7.56. The lowest BCUT2D eigenvalue weighted by Crippen LogP contribution is -2.43. The molecule has 170 valence electrons. The van der Waals surface area contributed by atoms with Gasteiger partial charge < -0.3 is 9.64 Å². The van der Waals surface area contributed by atoms with Gasteiger partial charge in [0.2, 0.25) is 5.91 Å². The van der Waals surface area contributed by atoms with E-state index in [0.717, 1.165) is 67.4 Å². The van der Waals surface area contributed by atoms with Gasteiger partial charge in [-0.15, -0.1) is 0 Å². The molecule has 2 bridgehead atoms. The van der Waals surface area contributed by atoms with E-state index in [-0.39, 0.29) is 5.78 Å². The number of carbonyl (C=O) groups is 2. The predicted molar refractivity (Wildman–Crippen MR) is 127 cm³/mol. The van der Waals surface area contributed by atoms with Crippen molar-refractivity contribution >= 4 is 22.6 Å². The van der Waals surface area contributed by atoms with Crippen molar-refractivity contribution in [3.8, 4) is 5.75 Å². The fourth-order valence-electron chi connectivity index (χ4n) is 5.10. The quantitative estimate of drug-likeness (QED) is 0.455. The van der Waals surface area contributed by atoms with Crippen molar-refractivity contribution in [2.75, 3.05) is 20.2 Å². The van der Waals surface area contributed by atoms with Crippen LogP contribution in [0.2, 0.25) is 0 Å². The van der Waals surface area contributed by atoms with Crippen LogP contribution in [0, 0.1) is 11.8 Å². The molecular weight excluding hydrogens is 400 g/mol. The number of hydrogen-bond acceptors (Lipinski definition) is 4. The Labute approximate surface area is 190 Å². The number of hydrogen-bond donors (Lipinski definition) is 0. The molecule has 1 amide bonds. The average molecular weight is 435 g/mol. The number of ketones is 1. The van der Waals surface area contributed by atoms with Gasteiger partial charge in [0.15, 0.2) is 5.78 Å². The summed E-state index contributed by atoms with van der Waals surface area (Å²) in [5.74, 6) is 1.96. The molecule has 4 rings (SSSR count). The minimum absolute atomic E-state index is 0.154. The van der Waals surface area contributed by atoms with Crippen molar-refractivity contribution in [2.45, 2.75) is 57.8 Å². The number of ether oxygens (including phenoxy) is 1. The Morgan fingerprint density at radius 1 is 1.19 bits per heavy atom. The van der Waals surface area contributed by atoms with Crippen molar-refractivity contribution in [3.05, 3.63) is 48.2 Å². The fraction of sp³-hybridized carbons (Fsp3) is 0.519. The van der Waals surface area contributed by atoms with Gasteiger partial charge >= 0.3 is 0 Å². The van der Waals surface area contributed by atoms with Crippen LogP contribution < -0.4 is 4.74 Å². The molecular formula is C27H34N2O3. The zero-order chi connectivity index (χ0) is 22.3. The normalized spacial score (nSPS) is 23.3. The molecule has 1 aromatic heterocycles. The molecule has 0 aliphatic carbocycles. The van der Waals surface area contributed by atoms with Gasteiger partial charge in [-0.3, -0.25) is 14.6 Å². The van der Waals surface area contributed by atoms with Crippen LogP contribution in [0.15, 0.2) is 42.6 Å². The standard InChI is InChI=1S/C27H34N2O3/c1-32-22-11-12-25-24(18-22)23(14-16-28-25)26(30)13-10-20-15-17-29-19-21(20)8-6-4-2-3-5-7-9-27(29)31/h6,8,11-12,14,16,18,20-21H,2-5,7,9-10,13,15,17,19H2,1H3/b8-6-/t20-,21?/m0/s1. The number of methoxy groups -OCH3 is 1. The number of rotatable bonds is 5. The van der Waals surface area contributed by atoms with Gasteiger partial charge in [-0.2, -0.15) is 0 Å². The second-order valence-electron chi connectivity index (χ2n) is 9.14. The fourth-order valence-corrected chi connectivity index (χ4v) is 5.10. The molecule has 2 aliphatic rings. The summed E-state index contributed by atoms with van der Waals surface area (Å²) in [6, 6.07) is 7.48. The molecule has 1 fully saturated rings. The van der Waals surface area contributed by atoms with Crippen LogP contribution in [0.3, 0.4) is 0 Å². The molecule has 0 radical (unpaired) electrons. The van der Waals surface area contributed by atoms with Crippen LogP contribution in [0.4, 0.5) is 0 Å². The van der Waals surface area contributed by atoms with E-state index in [1.54, 1.807) is 13.3 Å². The van der Waals surface area contributed by atoms with E-state index in [4.69, 9.17) is 4.74 Å². The summed E-state index contributed by atoms with van der Waals surface area (Å²) in [6.07, 6.45) is 15.0. The molecule has 1 saturated heterocycles. The lowest BCUT2D eigenvalue weighted by Gasteiger charge is -2.37. The zero-order valence-electron chi connectivity index (χ0n) is 19.1. The summed E-state index contributed by atoms with van der Waals surface area (Å²) in [5, 5.41) is 0.850. The Bertz CT molecular complexity index is 984. The minimum Gasteiger partial charge on any atom is -0.497 e. The predicted octanol–water partition coefficient (Wildman–Crippen LogP) is 5.58. The minimum atomic E-state index is 0.154. The molecule has 5 nitrogen and oxygen atoms in total. The lowest BCUT2D eigenvalue weighted by atomic mass is 9.80. The first-order valence-electron chi connectivity index (χ1n) is 12.1. The Morgan fingerprint density at radius 3 is 2.94 bits per heavy atom. The summed E-state index contributed by atoms with van der Waals surface area (Å²) in [5.41, 5.74) is 1.53. The molecule has 1 aromatic carbocycles. The molecule has 5 heteroatoms. The highest BCUT2D eigenvalue weighted by atomic mass is 16.5. The van der Waals surface area contributed by atoms with Gasteiger partial charge in [-0.25, -0.2) is 0 Å². The molecule has 0 spiro atoms. The van der Waals surface area contributed by atoms with Gasteiger partial charge in [0.05, 0.1) is 12.6 Å². The summed E-state index contributed by atoms with van der Waals surface area (Å²) >= 11 is 0. The van der Waals surface area contributed by atoms with Crippen molar-refractivity contribution in [1.29, 1.82) is 0 Å². The summed E-state index contributed by atoms with van der Waals surface area (Å²) in [4.78, 5) is 32.2. The number of aromatic nitrogens is 1. The van der Waals surface area contributed by atoms with Crippen molar-refractivity contribution in [2.24, 2.45) is 11.8 Å². The Balaban J connectivity index is 1.46. The van der Waals surface area contributed by atoms with Crippen molar-refractivity contribution < 1.29 is 14.3 Å². The number of benzene rings is 1. The van der Waals surface area contributed by atoms with Crippen LogP contribution in [0.5, 0.6) is 5.75 Å². The van der Waals surface area contributed by atoms with E-state index in [1.807, 2.05) is 24.3 Å². The molecule has 2 atom stereocenters. The average Bonchev–Trinajstić information content (AvgIpc) is 2.82. The molecule has 3 heterocycles. The first kappa shape index (κ1) is 22.5. The van der Waals surface area contributed by atoms with Crippen LogP contribution in [-0.4, -0.2) is 41.8 Å². The number of Topliss-reactive ketones (excluding diaryl/α,β-unsaturated/α-hetero) is 1. The lowest BCUT2D eigenvalue weighted by molar-refractivity contribution is -0.133. The molecule has 0 saturated carbocycles. The number of nitrogens with zero attached hydrogens (tertiary/aromatic N) is 2. The Hall–Kier alpha value is -2.69. The van der Waals surface area contributed by atoms with E-state index in [0.29, 0.717) is 30.6 Å². The first-order valence-corrected chi connectivity index (χ1v) is 12.1. The first-order chi connectivity index (χ1) is 15.7. The number of amides is 1. The monoisotopic (exact) mass is 434 g/mol. The van der Waals surface area contributed by atoms with E-state index in [9.17, 15) is 9.59 Å². The van der Waals surface area contributed by atoms with Crippen molar-refractivity contribution in [1.82, 2.24) is 9.88 Å². The highest BCUT2D eigenvalue weighted by molar-refractivity contribution is 6.07. The highest BCUT2D eigenvalue weighted by Crippen LogP contribution is 2.31. The Morgan fingerprint density at radius 2 is 2.06 bits per heavy atom. The third-order valence-electron chi connectivity index (χ3n) is 7.05. The number of piperidine rings is 1. The third-order valence-corrected chi connectivity index (χ3v) is 7.05. The zero-order valence-corrected chi connectivity index (χ0v) is 19.1. The number of carbonyl (C=O) groups excluding carboxylic acids is 2. The van der Waals surface area contributed by atoms with Crippen LogP contribution in [0.25, 0.3) is 10.9 Å². The smallest absolute Gasteiger partial charge is 0.222 e.